The van der Waals surface area contributed by atoms with Crippen molar-refractivity contribution in [3.63, 3.8) is 0 Å². The Morgan fingerprint density at radius 1 is 1.18 bits per heavy atom. The fourth-order valence-corrected chi connectivity index (χ4v) is 3.82. The fourth-order valence-electron chi connectivity index (χ4n) is 2.64. The standard InChI is InChI=1S/C21H20N2O3S2/c1-23-20(25)18(28-21(23)27)13-15-3-7-16(8-4-15)19(24)22-12-11-14-5-9-17(26-2)10-6-14/h3-10,13H,11-12H2,1-2H3,(H,22,24). The molecule has 2 aromatic rings. The Hall–Kier alpha value is -2.64. The lowest BCUT2D eigenvalue weighted by Crippen LogP contribution is -2.25. The Balaban J connectivity index is 1.55. The van der Waals surface area contributed by atoms with Gasteiger partial charge >= 0.3 is 0 Å². The summed E-state index contributed by atoms with van der Waals surface area (Å²) in [5.41, 5.74) is 2.56. The van der Waals surface area contributed by atoms with Gasteiger partial charge in [0.25, 0.3) is 11.8 Å². The van der Waals surface area contributed by atoms with Crippen molar-refractivity contribution < 1.29 is 14.3 Å². The number of amides is 2. The summed E-state index contributed by atoms with van der Waals surface area (Å²) in [5.74, 6) is 0.587. The van der Waals surface area contributed by atoms with Gasteiger partial charge in [0.1, 0.15) is 10.1 Å². The van der Waals surface area contributed by atoms with Crippen molar-refractivity contribution in [2.24, 2.45) is 0 Å². The van der Waals surface area contributed by atoms with Crippen molar-refractivity contribution in [3.8, 4) is 5.75 Å². The van der Waals surface area contributed by atoms with Crippen LogP contribution < -0.4 is 10.1 Å². The SMILES string of the molecule is COc1ccc(CCNC(=O)c2ccc(C=C3SC(=S)N(C)C3=O)cc2)cc1. The Kier molecular flexibility index (Phi) is 6.49. The number of carbonyl (C=O) groups is 2. The van der Waals surface area contributed by atoms with Crippen molar-refractivity contribution in [1.29, 1.82) is 0 Å². The van der Waals surface area contributed by atoms with E-state index in [0.717, 1.165) is 23.3 Å². The molecule has 7 heteroatoms. The highest BCUT2D eigenvalue weighted by Crippen LogP contribution is 2.31. The van der Waals surface area contributed by atoms with Crippen molar-refractivity contribution in [2.45, 2.75) is 6.42 Å². The molecule has 0 unspecified atom stereocenters. The van der Waals surface area contributed by atoms with Gasteiger partial charge in [0, 0.05) is 19.2 Å². The van der Waals surface area contributed by atoms with Crippen LogP contribution in [0.15, 0.2) is 53.4 Å². The van der Waals surface area contributed by atoms with Gasteiger partial charge in [0.15, 0.2) is 0 Å². The monoisotopic (exact) mass is 412 g/mol. The van der Waals surface area contributed by atoms with E-state index in [9.17, 15) is 9.59 Å². The van der Waals surface area contributed by atoms with E-state index in [-0.39, 0.29) is 11.8 Å². The molecule has 144 valence electrons. The van der Waals surface area contributed by atoms with E-state index in [0.29, 0.717) is 21.3 Å². The summed E-state index contributed by atoms with van der Waals surface area (Å²) >= 11 is 6.40. The molecule has 28 heavy (non-hydrogen) atoms. The smallest absolute Gasteiger partial charge is 0.265 e. The molecule has 0 spiro atoms. The maximum absolute atomic E-state index is 12.3. The lowest BCUT2D eigenvalue weighted by Gasteiger charge is -2.07. The van der Waals surface area contributed by atoms with E-state index in [1.165, 1.54) is 16.7 Å². The average molecular weight is 413 g/mol. The Morgan fingerprint density at radius 2 is 1.86 bits per heavy atom. The number of likely N-dealkylation sites (N-methyl/N-ethyl adjacent to an activating group) is 1. The van der Waals surface area contributed by atoms with Crippen LogP contribution in [0.25, 0.3) is 6.08 Å². The number of rotatable bonds is 6. The third kappa shape index (κ3) is 4.79. The molecule has 1 aliphatic rings. The predicted molar refractivity (Wildman–Crippen MR) is 116 cm³/mol. The summed E-state index contributed by atoms with van der Waals surface area (Å²) in [5, 5.41) is 2.92. The first kappa shape index (κ1) is 20.1. The van der Waals surface area contributed by atoms with Crippen molar-refractivity contribution in [3.05, 3.63) is 70.1 Å². The second-order valence-electron chi connectivity index (χ2n) is 6.22. The summed E-state index contributed by atoms with van der Waals surface area (Å²) in [6, 6.07) is 14.9. The van der Waals surface area contributed by atoms with E-state index in [1.807, 2.05) is 36.4 Å². The zero-order chi connectivity index (χ0) is 20.1. The molecule has 1 heterocycles. The molecule has 1 fully saturated rings. The third-order valence-corrected chi connectivity index (χ3v) is 5.80. The van der Waals surface area contributed by atoms with Crippen LogP contribution in [0.1, 0.15) is 21.5 Å². The molecule has 2 amide bonds. The highest BCUT2D eigenvalue weighted by molar-refractivity contribution is 8.26. The molecular formula is C21H20N2O3S2. The number of ether oxygens (including phenoxy) is 1. The number of nitrogens with one attached hydrogen (secondary N) is 1. The van der Waals surface area contributed by atoms with Crippen LogP contribution in [0, 0.1) is 0 Å². The number of methoxy groups -OCH3 is 1. The van der Waals surface area contributed by atoms with Gasteiger partial charge < -0.3 is 10.1 Å². The van der Waals surface area contributed by atoms with E-state index in [2.05, 4.69) is 5.32 Å². The molecule has 3 rings (SSSR count). The van der Waals surface area contributed by atoms with Gasteiger partial charge in [-0.1, -0.05) is 48.2 Å². The quantitative estimate of drug-likeness (QED) is 0.581. The van der Waals surface area contributed by atoms with E-state index in [1.54, 1.807) is 32.4 Å². The molecule has 2 aromatic carbocycles. The number of thioether (sulfide) groups is 1. The Morgan fingerprint density at radius 3 is 2.43 bits per heavy atom. The number of nitrogens with zero attached hydrogens (tertiary/aromatic N) is 1. The normalized spacial score (nSPS) is 15.2. The van der Waals surface area contributed by atoms with Crippen LogP contribution in [0.3, 0.4) is 0 Å². The zero-order valence-corrected chi connectivity index (χ0v) is 17.2. The Bertz CT molecular complexity index is 922. The van der Waals surface area contributed by atoms with Gasteiger partial charge in [0.2, 0.25) is 0 Å². The second-order valence-corrected chi connectivity index (χ2v) is 7.89. The number of thiocarbonyl (C=S) groups is 1. The molecule has 0 atom stereocenters. The van der Waals surface area contributed by atoms with Crippen LogP contribution in [-0.4, -0.2) is 41.7 Å². The minimum Gasteiger partial charge on any atom is -0.497 e. The minimum atomic E-state index is -0.125. The van der Waals surface area contributed by atoms with E-state index < -0.39 is 0 Å². The molecular weight excluding hydrogens is 392 g/mol. The van der Waals surface area contributed by atoms with Crippen LogP contribution >= 0.6 is 24.0 Å². The molecule has 0 saturated carbocycles. The van der Waals surface area contributed by atoms with Crippen LogP contribution in [-0.2, 0) is 11.2 Å². The predicted octanol–water partition coefficient (Wildman–Crippen LogP) is 3.50. The molecule has 0 aromatic heterocycles. The van der Waals surface area contributed by atoms with Crippen molar-refractivity contribution >= 4 is 46.2 Å². The summed E-state index contributed by atoms with van der Waals surface area (Å²) in [4.78, 5) is 26.4. The van der Waals surface area contributed by atoms with Crippen LogP contribution in [0.5, 0.6) is 5.75 Å². The zero-order valence-electron chi connectivity index (χ0n) is 15.6. The fraction of sp³-hybridized carbons (Fsp3) is 0.190. The molecule has 1 saturated heterocycles. The van der Waals surface area contributed by atoms with Crippen molar-refractivity contribution in [1.82, 2.24) is 10.2 Å². The number of hydrogen-bond donors (Lipinski definition) is 1. The van der Waals surface area contributed by atoms with Gasteiger partial charge in [-0.2, -0.15) is 0 Å². The van der Waals surface area contributed by atoms with E-state index in [4.69, 9.17) is 17.0 Å². The molecule has 0 aliphatic carbocycles. The van der Waals surface area contributed by atoms with Gasteiger partial charge in [0.05, 0.1) is 12.0 Å². The molecule has 0 radical (unpaired) electrons. The van der Waals surface area contributed by atoms with Gasteiger partial charge in [-0.15, -0.1) is 0 Å². The highest BCUT2D eigenvalue weighted by atomic mass is 32.2. The third-order valence-electron chi connectivity index (χ3n) is 4.32. The lowest BCUT2D eigenvalue weighted by atomic mass is 10.1. The molecule has 5 nitrogen and oxygen atoms in total. The van der Waals surface area contributed by atoms with Gasteiger partial charge in [-0.3, -0.25) is 14.5 Å². The number of carbonyl (C=O) groups excluding carboxylic acids is 2. The van der Waals surface area contributed by atoms with Gasteiger partial charge in [-0.25, -0.2) is 0 Å². The topological polar surface area (TPSA) is 58.6 Å². The maximum atomic E-state index is 12.3. The second kappa shape index (κ2) is 9.03. The summed E-state index contributed by atoms with van der Waals surface area (Å²) in [7, 11) is 3.30. The molecule has 0 bridgehead atoms. The largest absolute Gasteiger partial charge is 0.497 e. The van der Waals surface area contributed by atoms with Gasteiger partial charge in [-0.05, 0) is 47.9 Å². The van der Waals surface area contributed by atoms with E-state index >= 15 is 0 Å². The number of hydrogen-bond acceptors (Lipinski definition) is 5. The summed E-state index contributed by atoms with van der Waals surface area (Å²) in [6.07, 6.45) is 2.53. The first-order chi connectivity index (χ1) is 13.5. The highest BCUT2D eigenvalue weighted by Gasteiger charge is 2.28. The van der Waals surface area contributed by atoms with Crippen LogP contribution in [0.4, 0.5) is 0 Å². The number of benzene rings is 2. The van der Waals surface area contributed by atoms with Crippen molar-refractivity contribution in [2.75, 3.05) is 20.7 Å². The summed E-state index contributed by atoms with van der Waals surface area (Å²) < 4.78 is 5.68. The average Bonchev–Trinajstić information content (AvgIpc) is 2.95. The Labute approximate surface area is 173 Å². The first-order valence-corrected chi connectivity index (χ1v) is 9.93. The lowest BCUT2D eigenvalue weighted by molar-refractivity contribution is -0.121. The minimum absolute atomic E-state index is 0.102. The summed E-state index contributed by atoms with van der Waals surface area (Å²) in [6.45, 7) is 0.548. The van der Waals surface area contributed by atoms with Crippen LogP contribution in [0.2, 0.25) is 0 Å². The first-order valence-electron chi connectivity index (χ1n) is 8.70. The molecule has 1 N–H and O–H groups in total. The molecule has 1 aliphatic heterocycles. The maximum Gasteiger partial charge on any atom is 0.265 e.